The molecule has 0 N–H and O–H groups in total. The van der Waals surface area contributed by atoms with Crippen molar-refractivity contribution in [2.45, 2.75) is 13.8 Å². The second kappa shape index (κ2) is 16.2. The summed E-state index contributed by atoms with van der Waals surface area (Å²) >= 11 is 0. The summed E-state index contributed by atoms with van der Waals surface area (Å²) in [5.74, 6) is 0. The molecule has 0 aromatic rings. The number of hydrogen-bond donors (Lipinski definition) is 0. The molecule has 0 saturated carbocycles. The molecule has 0 radical (unpaired) electrons. The molecule has 0 saturated heterocycles. The molecule has 0 atom stereocenters. The van der Waals surface area contributed by atoms with E-state index in [9.17, 15) is 0 Å². The van der Waals surface area contributed by atoms with Gasteiger partial charge >= 0.3 is 6.15 Å². The van der Waals surface area contributed by atoms with Crippen LogP contribution in [0.3, 0.4) is 0 Å². The normalized spacial score (nSPS) is 6.25. The van der Waals surface area contributed by atoms with Crippen LogP contribution in [0.2, 0.25) is 0 Å². The summed E-state index contributed by atoms with van der Waals surface area (Å²) in [4.78, 5) is 16.2. The van der Waals surface area contributed by atoms with Gasteiger partial charge in [-0.2, -0.15) is 9.59 Å². The molecule has 0 aromatic carbocycles. The van der Waals surface area contributed by atoms with Crippen molar-refractivity contribution in [2.75, 3.05) is 13.2 Å². The maximum atomic E-state index is 8.12. The third-order valence-electron chi connectivity index (χ3n) is 0.408. The van der Waals surface area contributed by atoms with Gasteiger partial charge in [0.05, 0.1) is 0 Å². The van der Waals surface area contributed by atoms with E-state index in [1.165, 1.54) is 0 Å². The Morgan fingerprint density at radius 3 is 1.50 bits per heavy atom. The lowest BCUT2D eigenvalue weighted by Crippen LogP contribution is -1.84. The van der Waals surface area contributed by atoms with Crippen LogP contribution in [0.5, 0.6) is 0 Å². The van der Waals surface area contributed by atoms with E-state index in [0.717, 1.165) is 13.2 Å². The van der Waals surface area contributed by atoms with Gasteiger partial charge in [0.15, 0.2) is 0 Å². The average Bonchev–Trinajstić information content (AvgIpc) is 1.71. The first-order valence-electron chi connectivity index (χ1n) is 2.40. The Kier molecular flexibility index (Phi) is 21.0. The molecule has 0 aliphatic rings. The Bertz CT molecular complexity index is 52.7. The average molecular weight is 118 g/mol. The molecule has 8 heavy (non-hydrogen) atoms. The van der Waals surface area contributed by atoms with E-state index in [4.69, 9.17) is 14.3 Å². The highest BCUT2D eigenvalue weighted by Gasteiger charge is 1.64. The van der Waals surface area contributed by atoms with Crippen LogP contribution in [-0.4, -0.2) is 19.4 Å². The summed E-state index contributed by atoms with van der Waals surface area (Å²) in [6.45, 7) is 5.67. The fourth-order valence-electron chi connectivity index (χ4n) is 0.204. The summed E-state index contributed by atoms with van der Waals surface area (Å²) in [7, 11) is 0. The molecule has 0 spiro atoms. The van der Waals surface area contributed by atoms with E-state index in [1.807, 2.05) is 13.8 Å². The standard InChI is InChI=1S/C4H10O.CO2/c1-3-5-4-2;2-1-3/h3-4H2,1-2H3;. The van der Waals surface area contributed by atoms with Gasteiger partial charge in [-0.15, -0.1) is 0 Å². The second-order valence-corrected chi connectivity index (χ2v) is 0.865. The van der Waals surface area contributed by atoms with E-state index in [0.29, 0.717) is 0 Å². The monoisotopic (exact) mass is 118 g/mol. The van der Waals surface area contributed by atoms with Gasteiger partial charge < -0.3 is 4.74 Å². The minimum Gasteiger partial charge on any atom is -0.382 e. The molecule has 0 aliphatic carbocycles. The molecular formula is C5H10O3. The Hall–Kier alpha value is -0.660. The van der Waals surface area contributed by atoms with Gasteiger partial charge in [0.1, 0.15) is 0 Å². The lowest BCUT2D eigenvalue weighted by atomic mass is 10.8. The van der Waals surface area contributed by atoms with Crippen molar-refractivity contribution in [3.63, 3.8) is 0 Å². The summed E-state index contributed by atoms with van der Waals surface area (Å²) in [5.41, 5.74) is 0. The number of carbonyl (C=O) groups excluding carboxylic acids is 2. The number of ether oxygens (including phenoxy) is 1. The molecular weight excluding hydrogens is 108 g/mol. The van der Waals surface area contributed by atoms with Crippen molar-refractivity contribution in [2.24, 2.45) is 0 Å². The summed E-state index contributed by atoms with van der Waals surface area (Å²) < 4.78 is 4.83. The van der Waals surface area contributed by atoms with Crippen LogP contribution >= 0.6 is 0 Å². The highest BCUT2D eigenvalue weighted by molar-refractivity contribution is 5.20. The van der Waals surface area contributed by atoms with Crippen LogP contribution in [0, 0.1) is 0 Å². The van der Waals surface area contributed by atoms with Crippen LogP contribution in [0.15, 0.2) is 0 Å². The molecule has 0 rings (SSSR count). The minimum atomic E-state index is 0.250. The molecule has 0 bridgehead atoms. The SMILES string of the molecule is CCOCC.O=C=O. The van der Waals surface area contributed by atoms with E-state index in [2.05, 4.69) is 0 Å². The third-order valence-corrected chi connectivity index (χ3v) is 0.408. The van der Waals surface area contributed by atoms with Crippen LogP contribution < -0.4 is 0 Å². The first kappa shape index (κ1) is 10.3. The van der Waals surface area contributed by atoms with Crippen molar-refractivity contribution in [3.05, 3.63) is 0 Å². The molecule has 0 aromatic heterocycles. The van der Waals surface area contributed by atoms with Crippen LogP contribution in [0.4, 0.5) is 0 Å². The topological polar surface area (TPSA) is 43.4 Å². The van der Waals surface area contributed by atoms with E-state index < -0.39 is 0 Å². The minimum absolute atomic E-state index is 0.250. The van der Waals surface area contributed by atoms with Gasteiger partial charge in [-0.3, -0.25) is 0 Å². The maximum absolute atomic E-state index is 8.12. The Balaban J connectivity index is 0. The maximum Gasteiger partial charge on any atom is 0.373 e. The zero-order chi connectivity index (χ0) is 6.83. The Morgan fingerprint density at radius 2 is 1.50 bits per heavy atom. The first-order valence-corrected chi connectivity index (χ1v) is 2.40. The molecule has 48 valence electrons. The van der Waals surface area contributed by atoms with Gasteiger partial charge in [0.25, 0.3) is 0 Å². The molecule has 0 fully saturated rings. The quantitative estimate of drug-likeness (QED) is 0.529. The lowest BCUT2D eigenvalue weighted by molar-refractivity contribution is -0.191. The van der Waals surface area contributed by atoms with Gasteiger partial charge in [-0.1, -0.05) is 0 Å². The predicted molar refractivity (Wildman–Crippen MR) is 27.2 cm³/mol. The summed E-state index contributed by atoms with van der Waals surface area (Å²) in [5, 5.41) is 0. The summed E-state index contributed by atoms with van der Waals surface area (Å²) in [6, 6.07) is 0. The van der Waals surface area contributed by atoms with Gasteiger partial charge in [-0.05, 0) is 13.8 Å². The third kappa shape index (κ3) is 56.0. The van der Waals surface area contributed by atoms with Gasteiger partial charge in [0.2, 0.25) is 0 Å². The molecule has 3 nitrogen and oxygen atoms in total. The largest absolute Gasteiger partial charge is 0.382 e. The van der Waals surface area contributed by atoms with Crippen molar-refractivity contribution in [3.8, 4) is 0 Å². The van der Waals surface area contributed by atoms with E-state index >= 15 is 0 Å². The smallest absolute Gasteiger partial charge is 0.373 e. The molecule has 0 unspecified atom stereocenters. The van der Waals surface area contributed by atoms with Gasteiger partial charge in [0, 0.05) is 13.2 Å². The fourth-order valence-corrected chi connectivity index (χ4v) is 0.204. The van der Waals surface area contributed by atoms with Crippen LogP contribution in [-0.2, 0) is 14.3 Å². The van der Waals surface area contributed by atoms with Crippen molar-refractivity contribution in [1.82, 2.24) is 0 Å². The molecule has 0 amide bonds. The zero-order valence-corrected chi connectivity index (χ0v) is 5.14. The van der Waals surface area contributed by atoms with Crippen LogP contribution in [0.25, 0.3) is 0 Å². The van der Waals surface area contributed by atoms with Gasteiger partial charge in [-0.25, -0.2) is 0 Å². The molecule has 0 heterocycles. The highest BCUT2D eigenvalue weighted by atomic mass is 16.5. The van der Waals surface area contributed by atoms with E-state index in [-0.39, 0.29) is 6.15 Å². The van der Waals surface area contributed by atoms with Crippen molar-refractivity contribution < 1.29 is 14.3 Å². The van der Waals surface area contributed by atoms with Crippen LogP contribution in [0.1, 0.15) is 13.8 Å². The second-order valence-electron chi connectivity index (χ2n) is 0.865. The van der Waals surface area contributed by atoms with Crippen molar-refractivity contribution in [1.29, 1.82) is 0 Å². The Morgan fingerprint density at radius 1 is 1.25 bits per heavy atom. The predicted octanol–water partition coefficient (Wildman–Crippen LogP) is 0.459. The van der Waals surface area contributed by atoms with E-state index in [1.54, 1.807) is 0 Å². The molecule has 3 heteroatoms. The summed E-state index contributed by atoms with van der Waals surface area (Å²) in [6.07, 6.45) is 0.250. The number of hydrogen-bond acceptors (Lipinski definition) is 3. The van der Waals surface area contributed by atoms with Crippen molar-refractivity contribution >= 4 is 6.15 Å². The first-order chi connectivity index (χ1) is 3.83. The zero-order valence-electron chi connectivity index (χ0n) is 5.14. The highest BCUT2D eigenvalue weighted by Crippen LogP contribution is 1.64. The Labute approximate surface area is 48.6 Å². The number of rotatable bonds is 2. The molecule has 0 aliphatic heterocycles. The lowest BCUT2D eigenvalue weighted by Gasteiger charge is -1.86. The fraction of sp³-hybridized carbons (Fsp3) is 0.800.